The summed E-state index contributed by atoms with van der Waals surface area (Å²) in [4.78, 5) is 8.47. The second kappa shape index (κ2) is 26.0. The van der Waals surface area contributed by atoms with Crippen molar-refractivity contribution in [3.63, 3.8) is 0 Å². The van der Waals surface area contributed by atoms with Crippen molar-refractivity contribution in [2.45, 2.75) is 123 Å². The Bertz CT molecular complexity index is 5860. The lowest BCUT2D eigenvalue weighted by molar-refractivity contribution is 0.0900. The minimum atomic E-state index is -0.221. The van der Waals surface area contributed by atoms with Gasteiger partial charge in [-0.2, -0.15) is 0 Å². The Kier molecular flexibility index (Phi) is 16.0. The molecule has 4 bridgehead atoms. The fourth-order valence-electron chi connectivity index (χ4n) is 20.0. The van der Waals surface area contributed by atoms with Crippen molar-refractivity contribution in [2.24, 2.45) is 11.8 Å². The highest BCUT2D eigenvalue weighted by atomic mass is 15.2. The van der Waals surface area contributed by atoms with E-state index < -0.39 is 0 Å². The SMILES string of the molecule is CC(C)(C)c1ccc(-c2cc3c4c(c2)N(c2c(-c5ccccc5)cc(-c5ccccc5)cc2-c2ccccc2)c2cc(-n5c6ccc(C(C)(C)C)cc6c6cc(C(C)(C)C)ccc65)ccc2B4c2ccc(N4C5CC6CC(C5)CC4C6)cc2N3c2c(-c3ccccc3)cc(-c3ccccc3)cc2-c2ccccc2)cc1. The molecule has 6 aliphatic rings. The first-order chi connectivity index (χ1) is 53.4. The summed E-state index contributed by atoms with van der Waals surface area (Å²) < 4.78 is 2.59. The van der Waals surface area contributed by atoms with Crippen molar-refractivity contribution in [2.75, 3.05) is 14.7 Å². The molecule has 4 nitrogen and oxygen atoms in total. The highest BCUT2D eigenvalue weighted by Gasteiger charge is 2.50. The average Bonchev–Trinajstić information content (AvgIpc) is 0.731. The summed E-state index contributed by atoms with van der Waals surface area (Å²) in [6.45, 7) is 20.8. The monoisotopic (exact) mass is 1420 g/mol. The zero-order valence-corrected chi connectivity index (χ0v) is 64.7. The van der Waals surface area contributed by atoms with E-state index in [2.05, 4.69) is 397 Å². The number of anilines is 7. The number of hydrogen-bond acceptors (Lipinski definition) is 3. The molecule has 0 unspecified atom stereocenters. The van der Waals surface area contributed by atoms with Crippen molar-refractivity contribution < 1.29 is 0 Å². The van der Waals surface area contributed by atoms with Crippen molar-refractivity contribution in [1.82, 2.24) is 4.57 Å². The number of nitrogens with zero attached hydrogens (tertiary/aromatic N) is 4. The van der Waals surface area contributed by atoms with Crippen LogP contribution in [0.3, 0.4) is 0 Å². The Balaban J connectivity index is 0.961. The number of aromatic nitrogens is 1. The zero-order valence-electron chi connectivity index (χ0n) is 64.7. The summed E-state index contributed by atoms with van der Waals surface area (Å²) in [6, 6.07) is 123. The minimum Gasteiger partial charge on any atom is -0.365 e. The molecule has 15 aromatic rings. The van der Waals surface area contributed by atoms with Gasteiger partial charge in [0.25, 0.3) is 6.71 Å². The molecule has 110 heavy (non-hydrogen) atoms. The van der Waals surface area contributed by atoms with E-state index in [1.54, 1.807) is 0 Å². The highest BCUT2D eigenvalue weighted by Crippen LogP contribution is 2.58. The maximum Gasteiger partial charge on any atom is 0.252 e. The van der Waals surface area contributed by atoms with E-state index in [9.17, 15) is 0 Å². The molecule has 1 aromatic heterocycles. The van der Waals surface area contributed by atoms with Gasteiger partial charge in [-0.05, 0) is 234 Å². The molecule has 2 saturated heterocycles. The minimum absolute atomic E-state index is 0.0569. The largest absolute Gasteiger partial charge is 0.365 e. The molecule has 0 amide bonds. The molecule has 536 valence electrons. The molecule has 0 atom stereocenters. The Labute approximate surface area is 650 Å². The number of rotatable bonds is 11. The second-order valence-electron chi connectivity index (χ2n) is 35.3. The molecule has 0 N–H and O–H groups in total. The van der Waals surface area contributed by atoms with Gasteiger partial charge in [-0.25, -0.2) is 0 Å². The quantitative estimate of drug-likeness (QED) is 0.120. The molecule has 5 heterocycles. The molecule has 0 spiro atoms. The third kappa shape index (κ3) is 11.5. The Hall–Kier alpha value is -11.7. The predicted molar refractivity (Wildman–Crippen MR) is 469 cm³/mol. The Morgan fingerprint density at radius 2 is 0.600 bits per heavy atom. The van der Waals surface area contributed by atoms with Gasteiger partial charge in [0.2, 0.25) is 0 Å². The van der Waals surface area contributed by atoms with Crippen LogP contribution in [0.25, 0.3) is 105 Å². The summed E-state index contributed by atoms with van der Waals surface area (Å²) >= 11 is 0. The van der Waals surface area contributed by atoms with Crippen LogP contribution >= 0.6 is 0 Å². The van der Waals surface area contributed by atoms with Crippen molar-refractivity contribution in [3.8, 4) is 83.6 Å². The van der Waals surface area contributed by atoms with Gasteiger partial charge in [0, 0.05) is 79.2 Å². The summed E-state index contributed by atoms with van der Waals surface area (Å²) in [5, 5.41) is 2.54. The first-order valence-corrected chi connectivity index (χ1v) is 40.2. The Morgan fingerprint density at radius 1 is 0.273 bits per heavy atom. The van der Waals surface area contributed by atoms with E-state index in [0.717, 1.165) is 84.8 Å². The maximum absolute atomic E-state index is 2.92. The molecule has 21 rings (SSSR count). The summed E-state index contributed by atoms with van der Waals surface area (Å²) in [5.74, 6) is 1.62. The normalized spacial score (nSPS) is 17.1. The van der Waals surface area contributed by atoms with E-state index in [-0.39, 0.29) is 23.0 Å². The van der Waals surface area contributed by atoms with Crippen LogP contribution < -0.4 is 31.1 Å². The molecule has 4 fully saturated rings. The highest BCUT2D eigenvalue weighted by molar-refractivity contribution is 7.00. The molecular weight excluding hydrogens is 1330 g/mol. The van der Waals surface area contributed by atoms with Crippen LogP contribution in [-0.4, -0.2) is 23.4 Å². The summed E-state index contributed by atoms with van der Waals surface area (Å²) in [7, 11) is 0. The molecule has 2 saturated carbocycles. The standard InChI is InChI=1S/C105H93BN4/c1-103(2,3)79-42-40-71(41-43-79)78-61-98-100-99(62-78)110(102-88(74-36-24-14-25-37-74)59-77(70-30-18-11-19-31-70)60-89(102)75-38-26-15-27-39-75)97-66-83(108-94-50-44-80(104(4,5)6)63-90(94)91-64-81(105(7,8)9)45-51-95(91)108)47-49-93(97)106(100)92-48-46-82(107-84-53-67-52-68(55-84)56-85(107)54-67)65-96(92)109(98)101-86(72-32-20-12-21-33-72)57-76(69-28-16-10-17-29-69)58-87(101)73-34-22-13-23-35-73/h10-51,57-68,84-85H,52-56H2,1-9H3. The third-order valence-corrected chi connectivity index (χ3v) is 25.3. The van der Waals surface area contributed by atoms with Gasteiger partial charge in [0.15, 0.2) is 0 Å². The summed E-state index contributed by atoms with van der Waals surface area (Å²) in [5.41, 5.74) is 35.7. The van der Waals surface area contributed by atoms with Crippen molar-refractivity contribution in [1.29, 1.82) is 0 Å². The van der Waals surface area contributed by atoms with Gasteiger partial charge in [-0.15, -0.1) is 0 Å². The maximum atomic E-state index is 2.92. The van der Waals surface area contributed by atoms with Crippen LogP contribution in [0, 0.1) is 11.8 Å². The van der Waals surface area contributed by atoms with Crippen LogP contribution in [0.2, 0.25) is 0 Å². The van der Waals surface area contributed by atoms with Gasteiger partial charge in [-0.1, -0.05) is 293 Å². The fourth-order valence-corrected chi connectivity index (χ4v) is 20.0. The molecule has 2 aliphatic carbocycles. The van der Waals surface area contributed by atoms with E-state index in [1.165, 1.54) is 137 Å². The van der Waals surface area contributed by atoms with Gasteiger partial charge in [0.1, 0.15) is 0 Å². The number of hydrogen-bond donors (Lipinski definition) is 0. The number of fused-ring (bicyclic) bond motifs is 7. The molecular formula is C105H93BN4. The van der Waals surface area contributed by atoms with Crippen LogP contribution in [0.15, 0.2) is 315 Å². The van der Waals surface area contributed by atoms with Gasteiger partial charge in [-0.3, -0.25) is 0 Å². The van der Waals surface area contributed by atoms with E-state index in [4.69, 9.17) is 0 Å². The molecule has 5 heteroatoms. The van der Waals surface area contributed by atoms with Gasteiger partial charge >= 0.3 is 0 Å². The molecule has 4 aliphatic heterocycles. The number of piperidine rings is 2. The smallest absolute Gasteiger partial charge is 0.252 e. The fraction of sp³-hybridized carbons (Fsp3) is 0.200. The lowest BCUT2D eigenvalue weighted by Gasteiger charge is -2.57. The van der Waals surface area contributed by atoms with Gasteiger partial charge < -0.3 is 19.3 Å². The topological polar surface area (TPSA) is 14.7 Å². The van der Waals surface area contributed by atoms with Crippen LogP contribution in [-0.2, 0) is 16.2 Å². The van der Waals surface area contributed by atoms with E-state index in [0.29, 0.717) is 12.1 Å². The zero-order chi connectivity index (χ0) is 74.5. The third-order valence-electron chi connectivity index (χ3n) is 25.3. The lowest BCUT2D eigenvalue weighted by Crippen LogP contribution is -2.62. The average molecular weight is 1420 g/mol. The van der Waals surface area contributed by atoms with Crippen LogP contribution in [0.4, 0.5) is 39.8 Å². The van der Waals surface area contributed by atoms with Crippen LogP contribution in [0.5, 0.6) is 0 Å². The molecule has 14 aromatic carbocycles. The predicted octanol–water partition coefficient (Wildman–Crippen LogP) is 26.2. The first-order valence-electron chi connectivity index (χ1n) is 40.2. The van der Waals surface area contributed by atoms with E-state index in [1.807, 2.05) is 0 Å². The summed E-state index contributed by atoms with van der Waals surface area (Å²) in [6.07, 6.45) is 6.48. The van der Waals surface area contributed by atoms with Crippen molar-refractivity contribution >= 4 is 84.7 Å². The van der Waals surface area contributed by atoms with Crippen molar-refractivity contribution in [3.05, 3.63) is 332 Å². The van der Waals surface area contributed by atoms with Gasteiger partial charge in [0.05, 0.1) is 22.4 Å². The second-order valence-corrected chi connectivity index (χ2v) is 35.3. The Morgan fingerprint density at radius 3 is 0.973 bits per heavy atom. The first kappa shape index (κ1) is 67.7. The number of benzene rings is 14. The van der Waals surface area contributed by atoms with Crippen LogP contribution in [0.1, 0.15) is 111 Å². The molecule has 0 radical (unpaired) electrons. The lowest BCUT2D eigenvalue weighted by atomic mass is 9.33. The van der Waals surface area contributed by atoms with E-state index >= 15 is 0 Å².